The standard InChI is InChI=1S/C9H6ClS/c1-6-9-4-8(10)3-2-7(9)5-11-6/h2-5H,1H2. The number of rotatable bonds is 0. The van der Waals surface area contributed by atoms with E-state index in [-0.39, 0.29) is 0 Å². The monoisotopic (exact) mass is 181 g/mol. The fraction of sp³-hybridized carbons (Fsp3) is 0. The molecule has 0 fully saturated rings. The van der Waals surface area contributed by atoms with E-state index >= 15 is 0 Å². The van der Waals surface area contributed by atoms with Gasteiger partial charge in [0.2, 0.25) is 0 Å². The predicted molar refractivity (Wildman–Crippen MR) is 51.3 cm³/mol. The molecule has 0 atom stereocenters. The SMILES string of the molecule is [CH2]c1scc2ccc(Cl)cc12. The van der Waals surface area contributed by atoms with Gasteiger partial charge in [-0.2, -0.15) is 0 Å². The first-order valence-corrected chi connectivity index (χ1v) is 4.52. The Hall–Kier alpha value is -0.530. The molecule has 0 bridgehead atoms. The Bertz CT molecular complexity index is 389. The second kappa shape index (κ2) is 2.50. The fourth-order valence-corrected chi connectivity index (χ4v) is 2.02. The van der Waals surface area contributed by atoms with Crippen LogP contribution >= 0.6 is 22.9 Å². The summed E-state index contributed by atoms with van der Waals surface area (Å²) in [5, 5.41) is 5.27. The second-order valence-corrected chi connectivity index (χ2v) is 3.79. The molecule has 1 heterocycles. The molecule has 0 nitrogen and oxygen atoms in total. The zero-order valence-corrected chi connectivity index (χ0v) is 7.38. The van der Waals surface area contributed by atoms with E-state index in [1.807, 2.05) is 18.2 Å². The van der Waals surface area contributed by atoms with Gasteiger partial charge in [-0.3, -0.25) is 0 Å². The molecular weight excluding hydrogens is 176 g/mol. The highest BCUT2D eigenvalue weighted by molar-refractivity contribution is 7.11. The summed E-state index contributed by atoms with van der Waals surface area (Å²) in [6.45, 7) is 3.91. The predicted octanol–water partition coefficient (Wildman–Crippen LogP) is 3.74. The third kappa shape index (κ3) is 1.15. The van der Waals surface area contributed by atoms with Gasteiger partial charge in [0.25, 0.3) is 0 Å². The Balaban J connectivity index is 2.87. The third-order valence-corrected chi connectivity index (χ3v) is 2.76. The van der Waals surface area contributed by atoms with Crippen molar-refractivity contribution < 1.29 is 0 Å². The maximum atomic E-state index is 5.82. The molecule has 1 radical (unpaired) electrons. The molecule has 0 spiro atoms. The minimum absolute atomic E-state index is 0.779. The van der Waals surface area contributed by atoms with Gasteiger partial charge in [-0.25, -0.2) is 0 Å². The molecular formula is C9H6ClS. The van der Waals surface area contributed by atoms with Crippen molar-refractivity contribution in [1.29, 1.82) is 0 Å². The molecule has 0 aliphatic heterocycles. The minimum atomic E-state index is 0.779. The highest BCUT2D eigenvalue weighted by Gasteiger charge is 1.98. The zero-order chi connectivity index (χ0) is 7.84. The number of thiophene rings is 1. The van der Waals surface area contributed by atoms with E-state index in [4.69, 9.17) is 11.6 Å². The van der Waals surface area contributed by atoms with Crippen molar-refractivity contribution in [2.75, 3.05) is 0 Å². The summed E-state index contributed by atoms with van der Waals surface area (Å²) >= 11 is 7.48. The molecule has 0 aliphatic rings. The quantitative estimate of drug-likeness (QED) is 0.581. The van der Waals surface area contributed by atoms with E-state index in [1.54, 1.807) is 11.3 Å². The Morgan fingerprint density at radius 1 is 1.36 bits per heavy atom. The summed E-state index contributed by atoms with van der Waals surface area (Å²) in [4.78, 5) is 1.09. The maximum absolute atomic E-state index is 5.82. The number of fused-ring (bicyclic) bond motifs is 1. The molecule has 0 saturated carbocycles. The van der Waals surface area contributed by atoms with Crippen molar-refractivity contribution in [3.05, 3.63) is 40.4 Å². The third-order valence-electron chi connectivity index (χ3n) is 1.64. The lowest BCUT2D eigenvalue weighted by Gasteiger charge is -1.91. The molecule has 11 heavy (non-hydrogen) atoms. The molecule has 1 aromatic heterocycles. The van der Waals surface area contributed by atoms with E-state index in [2.05, 4.69) is 12.3 Å². The molecule has 1 aromatic carbocycles. The largest absolute Gasteiger partial charge is 0.148 e. The van der Waals surface area contributed by atoms with Crippen molar-refractivity contribution in [2.45, 2.75) is 0 Å². The van der Waals surface area contributed by atoms with Crippen molar-refractivity contribution in [2.24, 2.45) is 0 Å². The van der Waals surface area contributed by atoms with Gasteiger partial charge < -0.3 is 0 Å². The maximum Gasteiger partial charge on any atom is 0.0412 e. The first-order chi connectivity index (χ1) is 5.27. The Morgan fingerprint density at radius 3 is 3.00 bits per heavy atom. The van der Waals surface area contributed by atoms with Gasteiger partial charge in [0, 0.05) is 9.90 Å². The molecule has 2 heteroatoms. The fourth-order valence-electron chi connectivity index (χ4n) is 1.07. The van der Waals surface area contributed by atoms with Crippen molar-refractivity contribution in [3.8, 4) is 0 Å². The lowest BCUT2D eigenvalue weighted by Crippen LogP contribution is -1.66. The Kier molecular flexibility index (Phi) is 1.63. The van der Waals surface area contributed by atoms with Crippen molar-refractivity contribution >= 4 is 33.7 Å². The number of halogens is 1. The minimum Gasteiger partial charge on any atom is -0.148 e. The lowest BCUT2D eigenvalue weighted by molar-refractivity contribution is 1.82. The summed E-state index contributed by atoms with van der Waals surface area (Å²) in [5.41, 5.74) is 0. The van der Waals surface area contributed by atoms with Crippen LogP contribution in [0.3, 0.4) is 0 Å². The number of hydrogen-bond acceptors (Lipinski definition) is 1. The van der Waals surface area contributed by atoms with Crippen LogP contribution in [-0.2, 0) is 0 Å². The normalized spacial score (nSPS) is 10.7. The van der Waals surface area contributed by atoms with E-state index in [9.17, 15) is 0 Å². The van der Waals surface area contributed by atoms with Gasteiger partial charge in [0.05, 0.1) is 0 Å². The van der Waals surface area contributed by atoms with Crippen LogP contribution in [0.15, 0.2) is 23.6 Å². The highest BCUT2D eigenvalue weighted by Crippen LogP contribution is 2.27. The van der Waals surface area contributed by atoms with Gasteiger partial charge in [-0.15, -0.1) is 11.3 Å². The van der Waals surface area contributed by atoms with Crippen LogP contribution in [0.4, 0.5) is 0 Å². The summed E-state index contributed by atoms with van der Waals surface area (Å²) in [6, 6.07) is 5.87. The first-order valence-electron chi connectivity index (χ1n) is 3.26. The summed E-state index contributed by atoms with van der Waals surface area (Å²) in [5.74, 6) is 0. The van der Waals surface area contributed by atoms with E-state index in [0.717, 1.165) is 9.90 Å². The molecule has 0 unspecified atom stereocenters. The van der Waals surface area contributed by atoms with Crippen LogP contribution < -0.4 is 0 Å². The van der Waals surface area contributed by atoms with Crippen molar-refractivity contribution in [3.63, 3.8) is 0 Å². The van der Waals surface area contributed by atoms with Crippen molar-refractivity contribution in [1.82, 2.24) is 0 Å². The van der Waals surface area contributed by atoms with Gasteiger partial charge in [0.1, 0.15) is 0 Å². The molecule has 0 N–H and O–H groups in total. The molecule has 55 valence electrons. The highest BCUT2D eigenvalue weighted by atomic mass is 35.5. The van der Waals surface area contributed by atoms with Crippen LogP contribution in [0.5, 0.6) is 0 Å². The molecule has 0 aliphatic carbocycles. The van der Waals surface area contributed by atoms with Crippen LogP contribution in [0.2, 0.25) is 5.02 Å². The first kappa shape index (κ1) is 7.14. The van der Waals surface area contributed by atoms with Gasteiger partial charge in [-0.05, 0) is 35.2 Å². The van der Waals surface area contributed by atoms with Crippen LogP contribution in [0.25, 0.3) is 10.8 Å². The number of benzene rings is 1. The second-order valence-electron chi connectivity index (χ2n) is 2.39. The molecule has 0 amide bonds. The summed E-state index contributed by atoms with van der Waals surface area (Å²) < 4.78 is 0. The zero-order valence-electron chi connectivity index (χ0n) is 5.80. The topological polar surface area (TPSA) is 0 Å². The Labute approximate surface area is 74.4 Å². The van der Waals surface area contributed by atoms with E-state index in [0.29, 0.717) is 0 Å². The van der Waals surface area contributed by atoms with E-state index in [1.165, 1.54) is 10.8 Å². The smallest absolute Gasteiger partial charge is 0.0412 e. The summed E-state index contributed by atoms with van der Waals surface area (Å²) in [7, 11) is 0. The molecule has 0 saturated heterocycles. The van der Waals surface area contributed by atoms with Gasteiger partial charge >= 0.3 is 0 Å². The van der Waals surface area contributed by atoms with Crippen LogP contribution in [0.1, 0.15) is 4.88 Å². The van der Waals surface area contributed by atoms with Crippen LogP contribution in [-0.4, -0.2) is 0 Å². The molecule has 2 rings (SSSR count). The molecule has 2 aromatic rings. The van der Waals surface area contributed by atoms with E-state index < -0.39 is 0 Å². The lowest BCUT2D eigenvalue weighted by atomic mass is 10.2. The van der Waals surface area contributed by atoms with Gasteiger partial charge in [0.15, 0.2) is 0 Å². The Morgan fingerprint density at radius 2 is 2.18 bits per heavy atom. The average molecular weight is 182 g/mol. The van der Waals surface area contributed by atoms with Gasteiger partial charge in [-0.1, -0.05) is 17.7 Å². The van der Waals surface area contributed by atoms with Crippen LogP contribution in [0, 0.1) is 6.92 Å². The number of hydrogen-bond donors (Lipinski definition) is 0. The average Bonchev–Trinajstić information content (AvgIpc) is 2.33. The summed E-state index contributed by atoms with van der Waals surface area (Å²) in [6.07, 6.45) is 0.